The van der Waals surface area contributed by atoms with Crippen molar-refractivity contribution in [1.82, 2.24) is 0 Å². The van der Waals surface area contributed by atoms with Crippen molar-refractivity contribution >= 4 is 7.82 Å². The van der Waals surface area contributed by atoms with Crippen LogP contribution in [-0.2, 0) is 18.6 Å². The van der Waals surface area contributed by atoms with Crippen LogP contribution < -0.4 is 0 Å². The molecule has 0 amide bonds. The highest BCUT2D eigenvalue weighted by Gasteiger charge is 2.18. The number of unbranched alkanes of at least 4 members (excludes halogenated alkanes) is 13. The SMILES string of the molecule is CCCCCCCCCCCCCCCCOCCOC(C)OP(=O)(O)O. The summed E-state index contributed by atoms with van der Waals surface area (Å²) in [6.45, 7) is 5.09. The van der Waals surface area contributed by atoms with Crippen LogP contribution in [0.1, 0.15) is 104 Å². The van der Waals surface area contributed by atoms with E-state index >= 15 is 0 Å². The van der Waals surface area contributed by atoms with Crippen molar-refractivity contribution in [2.24, 2.45) is 0 Å². The summed E-state index contributed by atoms with van der Waals surface area (Å²) in [4.78, 5) is 17.2. The predicted molar refractivity (Wildman–Crippen MR) is 110 cm³/mol. The standard InChI is InChI=1S/C20H43O6P/c1-3-4-5-6-7-8-9-10-11-12-13-14-15-16-17-24-18-19-25-20(2)26-27(21,22)23/h20H,3-19H2,1-2H3,(H2,21,22,23). The maximum atomic E-state index is 10.6. The molecule has 0 saturated carbocycles. The molecule has 1 unspecified atom stereocenters. The smallest absolute Gasteiger partial charge is 0.379 e. The third-order valence-corrected chi connectivity index (χ3v) is 5.08. The Kier molecular flexibility index (Phi) is 19.4. The summed E-state index contributed by atoms with van der Waals surface area (Å²) >= 11 is 0. The Morgan fingerprint density at radius 1 is 0.704 bits per heavy atom. The first kappa shape index (κ1) is 27.0. The largest absolute Gasteiger partial charge is 0.471 e. The van der Waals surface area contributed by atoms with Crippen LogP contribution in [0.25, 0.3) is 0 Å². The quantitative estimate of drug-likeness (QED) is 0.138. The molecule has 7 heteroatoms. The maximum absolute atomic E-state index is 10.6. The molecule has 1 atom stereocenters. The Hall–Kier alpha value is 0.0300. The molecule has 0 aromatic heterocycles. The number of rotatable bonds is 21. The lowest BCUT2D eigenvalue weighted by Crippen LogP contribution is -2.15. The first-order valence-electron chi connectivity index (χ1n) is 10.9. The molecule has 0 rings (SSSR count). The van der Waals surface area contributed by atoms with Gasteiger partial charge in [-0.3, -0.25) is 4.52 Å². The van der Waals surface area contributed by atoms with Crippen LogP contribution >= 0.6 is 7.82 Å². The number of hydrogen-bond acceptors (Lipinski definition) is 4. The van der Waals surface area contributed by atoms with E-state index in [1.165, 1.54) is 90.4 Å². The van der Waals surface area contributed by atoms with Gasteiger partial charge >= 0.3 is 7.82 Å². The summed E-state index contributed by atoms with van der Waals surface area (Å²) in [6.07, 6.45) is 17.8. The molecular formula is C20H43O6P. The highest BCUT2D eigenvalue weighted by molar-refractivity contribution is 7.46. The molecular weight excluding hydrogens is 367 g/mol. The Morgan fingerprint density at radius 3 is 1.59 bits per heavy atom. The predicted octanol–water partition coefficient (Wildman–Crippen LogP) is 5.96. The van der Waals surface area contributed by atoms with Gasteiger partial charge in [0, 0.05) is 6.61 Å². The number of phosphoric ester groups is 1. The van der Waals surface area contributed by atoms with Gasteiger partial charge in [0.15, 0.2) is 6.29 Å². The first-order valence-corrected chi connectivity index (χ1v) is 12.4. The van der Waals surface area contributed by atoms with Crippen molar-refractivity contribution < 1.29 is 28.3 Å². The monoisotopic (exact) mass is 410 g/mol. The molecule has 0 heterocycles. The van der Waals surface area contributed by atoms with Crippen molar-refractivity contribution in [2.45, 2.75) is 110 Å². The second-order valence-electron chi connectivity index (χ2n) is 7.24. The fourth-order valence-corrected chi connectivity index (χ4v) is 3.45. The van der Waals surface area contributed by atoms with Gasteiger partial charge in [-0.1, -0.05) is 90.4 Å². The minimum Gasteiger partial charge on any atom is -0.379 e. The Bertz CT molecular complexity index is 347. The molecule has 0 radical (unpaired) electrons. The van der Waals surface area contributed by atoms with Crippen molar-refractivity contribution in [1.29, 1.82) is 0 Å². The van der Waals surface area contributed by atoms with Gasteiger partial charge in [0.25, 0.3) is 0 Å². The average molecular weight is 411 g/mol. The molecule has 27 heavy (non-hydrogen) atoms. The minimum absolute atomic E-state index is 0.264. The summed E-state index contributed by atoms with van der Waals surface area (Å²) in [6, 6.07) is 0. The third kappa shape index (κ3) is 24.0. The number of hydrogen-bond donors (Lipinski definition) is 2. The molecule has 0 aliphatic heterocycles. The number of ether oxygens (including phenoxy) is 2. The highest BCUT2D eigenvalue weighted by atomic mass is 31.2. The fraction of sp³-hybridized carbons (Fsp3) is 1.00. The van der Waals surface area contributed by atoms with E-state index in [1.54, 1.807) is 0 Å². The molecule has 2 N–H and O–H groups in total. The van der Waals surface area contributed by atoms with E-state index in [9.17, 15) is 4.57 Å². The van der Waals surface area contributed by atoms with Crippen molar-refractivity contribution in [3.8, 4) is 0 Å². The van der Waals surface area contributed by atoms with Gasteiger partial charge in [-0.05, 0) is 13.3 Å². The van der Waals surface area contributed by atoms with E-state index in [4.69, 9.17) is 19.3 Å². The second kappa shape index (κ2) is 19.4. The molecule has 0 fully saturated rings. The molecule has 0 spiro atoms. The van der Waals surface area contributed by atoms with Crippen LogP contribution in [0.5, 0.6) is 0 Å². The van der Waals surface area contributed by atoms with E-state index < -0.39 is 14.1 Å². The van der Waals surface area contributed by atoms with Gasteiger partial charge in [0.2, 0.25) is 0 Å². The van der Waals surface area contributed by atoms with Crippen molar-refractivity contribution in [3.05, 3.63) is 0 Å². The van der Waals surface area contributed by atoms with Crippen LogP contribution in [0, 0.1) is 0 Å². The van der Waals surface area contributed by atoms with Gasteiger partial charge in [-0.15, -0.1) is 0 Å². The molecule has 164 valence electrons. The number of phosphoric acid groups is 1. The second-order valence-corrected chi connectivity index (χ2v) is 8.43. The zero-order chi connectivity index (χ0) is 20.2. The lowest BCUT2D eigenvalue weighted by Gasteiger charge is -2.14. The summed E-state index contributed by atoms with van der Waals surface area (Å²) in [5.41, 5.74) is 0. The van der Waals surface area contributed by atoms with Gasteiger partial charge in [-0.25, -0.2) is 4.57 Å². The molecule has 0 aromatic carbocycles. The molecule has 0 aromatic rings. The Balaban J connectivity index is 3.12. The van der Waals surface area contributed by atoms with Crippen molar-refractivity contribution in [3.63, 3.8) is 0 Å². The first-order chi connectivity index (χ1) is 13.0. The van der Waals surface area contributed by atoms with Gasteiger partial charge in [0.1, 0.15) is 0 Å². The van der Waals surface area contributed by atoms with Gasteiger partial charge < -0.3 is 19.3 Å². The average Bonchev–Trinajstić information content (AvgIpc) is 2.59. The van der Waals surface area contributed by atoms with E-state index in [0.29, 0.717) is 13.2 Å². The highest BCUT2D eigenvalue weighted by Crippen LogP contribution is 2.37. The minimum atomic E-state index is -4.48. The lowest BCUT2D eigenvalue weighted by atomic mass is 10.0. The lowest BCUT2D eigenvalue weighted by molar-refractivity contribution is -0.0939. The van der Waals surface area contributed by atoms with Gasteiger partial charge in [0.05, 0.1) is 13.2 Å². The fourth-order valence-electron chi connectivity index (χ4n) is 3.00. The van der Waals surface area contributed by atoms with E-state index in [0.717, 1.165) is 6.42 Å². The summed E-state index contributed by atoms with van der Waals surface area (Å²) < 4.78 is 25.5. The Labute approximate surface area is 166 Å². The third-order valence-electron chi connectivity index (χ3n) is 4.51. The van der Waals surface area contributed by atoms with Gasteiger partial charge in [-0.2, -0.15) is 0 Å². The van der Waals surface area contributed by atoms with E-state index in [-0.39, 0.29) is 6.61 Å². The molecule has 0 bridgehead atoms. The van der Waals surface area contributed by atoms with Crippen LogP contribution in [0.4, 0.5) is 0 Å². The molecule has 0 saturated heterocycles. The molecule has 0 aliphatic carbocycles. The summed E-state index contributed by atoms with van der Waals surface area (Å²) in [7, 11) is -4.48. The van der Waals surface area contributed by atoms with Crippen molar-refractivity contribution in [2.75, 3.05) is 19.8 Å². The van der Waals surface area contributed by atoms with Crippen LogP contribution in [0.3, 0.4) is 0 Å². The topological polar surface area (TPSA) is 85.2 Å². The van der Waals surface area contributed by atoms with Crippen LogP contribution in [0.15, 0.2) is 0 Å². The molecule has 6 nitrogen and oxygen atoms in total. The normalized spacial score (nSPS) is 13.2. The van der Waals surface area contributed by atoms with Crippen LogP contribution in [-0.4, -0.2) is 35.9 Å². The maximum Gasteiger partial charge on any atom is 0.471 e. The van der Waals surface area contributed by atoms with E-state index in [2.05, 4.69) is 11.4 Å². The van der Waals surface area contributed by atoms with E-state index in [1.807, 2.05) is 0 Å². The molecule has 0 aliphatic rings. The zero-order valence-electron chi connectivity index (χ0n) is 17.6. The summed E-state index contributed by atoms with van der Waals surface area (Å²) in [5.74, 6) is 0. The summed E-state index contributed by atoms with van der Waals surface area (Å²) in [5, 5.41) is 0. The van der Waals surface area contributed by atoms with Crippen LogP contribution in [0.2, 0.25) is 0 Å². The zero-order valence-corrected chi connectivity index (χ0v) is 18.5. The Morgan fingerprint density at radius 2 is 1.15 bits per heavy atom.